The van der Waals surface area contributed by atoms with Crippen molar-refractivity contribution in [3.8, 4) is 0 Å². The average molecular weight is 312 g/mol. The molecule has 7 heteroatoms. The van der Waals surface area contributed by atoms with Crippen molar-refractivity contribution >= 4 is 5.97 Å². The van der Waals surface area contributed by atoms with E-state index in [1.807, 2.05) is 0 Å². The van der Waals surface area contributed by atoms with Crippen LogP contribution in [0.15, 0.2) is 0 Å². The maximum absolute atomic E-state index is 12.1. The quantitative estimate of drug-likeness (QED) is 0.497. The molecule has 0 radical (unpaired) electrons. The number of carbonyl (C=O) groups is 1. The Balaban J connectivity index is 3.99. The Morgan fingerprint density at radius 2 is 1.81 bits per heavy atom. The normalized spacial score (nSPS) is 15.0. The first-order chi connectivity index (χ1) is 9.64. The highest BCUT2D eigenvalue weighted by atomic mass is 19.4. The van der Waals surface area contributed by atoms with Crippen LogP contribution in [0.25, 0.3) is 0 Å². The summed E-state index contributed by atoms with van der Waals surface area (Å²) in [6.07, 6.45) is -2.82. The molecule has 0 fully saturated rings. The summed E-state index contributed by atoms with van der Waals surface area (Å²) in [5.74, 6) is -0.294. The number of unbranched alkanes of at least 4 members (excludes halogenated alkanes) is 1. The minimum atomic E-state index is -4.11. The van der Waals surface area contributed by atoms with Crippen molar-refractivity contribution in [2.24, 2.45) is 0 Å². The van der Waals surface area contributed by atoms with Gasteiger partial charge in [0.2, 0.25) is 0 Å². The molecule has 0 aromatic rings. The molecule has 0 amide bonds. The average Bonchev–Trinajstić information content (AvgIpc) is 2.40. The van der Waals surface area contributed by atoms with Crippen LogP contribution in [0.4, 0.5) is 13.2 Å². The number of rotatable bonds is 10. The summed E-state index contributed by atoms with van der Waals surface area (Å²) in [5.41, 5.74) is -0.736. The highest BCUT2D eigenvalue weighted by molar-refractivity contribution is 5.80. The summed E-state index contributed by atoms with van der Waals surface area (Å²) in [7, 11) is 3.38. The number of ether oxygens (including phenoxy) is 1. The Morgan fingerprint density at radius 1 is 1.19 bits per heavy atom. The lowest BCUT2D eigenvalue weighted by Crippen LogP contribution is -2.48. The smallest absolute Gasteiger partial charge is 0.390 e. The molecule has 1 unspecified atom stereocenters. The van der Waals surface area contributed by atoms with Crippen molar-refractivity contribution in [2.45, 2.75) is 51.2 Å². The number of nitrogens with zero attached hydrogens (tertiary/aromatic N) is 1. The van der Waals surface area contributed by atoms with Gasteiger partial charge in [-0.2, -0.15) is 13.2 Å². The largest absolute Gasteiger partial charge is 0.465 e. The highest BCUT2D eigenvalue weighted by Crippen LogP contribution is 2.20. The van der Waals surface area contributed by atoms with Crippen LogP contribution in [0.3, 0.4) is 0 Å². The second-order valence-electron chi connectivity index (χ2n) is 5.43. The lowest BCUT2D eigenvalue weighted by Gasteiger charge is -2.27. The first-order valence-corrected chi connectivity index (χ1v) is 7.26. The molecule has 1 atom stereocenters. The van der Waals surface area contributed by atoms with E-state index in [4.69, 9.17) is 4.74 Å². The van der Waals surface area contributed by atoms with Gasteiger partial charge in [0.1, 0.15) is 5.54 Å². The van der Waals surface area contributed by atoms with Crippen LogP contribution in [0, 0.1) is 0 Å². The van der Waals surface area contributed by atoms with E-state index in [2.05, 4.69) is 5.32 Å². The molecule has 0 spiro atoms. The fraction of sp³-hybridized carbons (Fsp3) is 0.929. The monoisotopic (exact) mass is 312 g/mol. The molecule has 0 aliphatic rings. The minimum Gasteiger partial charge on any atom is -0.465 e. The highest BCUT2D eigenvalue weighted by Gasteiger charge is 2.32. The van der Waals surface area contributed by atoms with Gasteiger partial charge in [0, 0.05) is 6.54 Å². The van der Waals surface area contributed by atoms with Crippen LogP contribution in [-0.2, 0) is 9.53 Å². The van der Waals surface area contributed by atoms with E-state index in [0.717, 1.165) is 12.8 Å². The van der Waals surface area contributed by atoms with Gasteiger partial charge in [-0.05, 0) is 53.8 Å². The lowest BCUT2D eigenvalue weighted by atomic mass is 9.95. The second kappa shape index (κ2) is 9.25. The van der Waals surface area contributed by atoms with Crippen LogP contribution < -0.4 is 5.32 Å². The van der Waals surface area contributed by atoms with Gasteiger partial charge in [-0.3, -0.25) is 4.79 Å². The minimum absolute atomic E-state index is 0.00463. The first kappa shape index (κ1) is 20.2. The number of halogens is 3. The number of esters is 1. The molecule has 21 heavy (non-hydrogen) atoms. The molecule has 0 bridgehead atoms. The molecular weight excluding hydrogens is 285 g/mol. The number of hydrogen-bond acceptors (Lipinski definition) is 4. The van der Waals surface area contributed by atoms with Gasteiger partial charge < -0.3 is 15.0 Å². The van der Waals surface area contributed by atoms with Crippen LogP contribution in [0.2, 0.25) is 0 Å². The molecule has 4 nitrogen and oxygen atoms in total. The van der Waals surface area contributed by atoms with E-state index in [1.54, 1.807) is 32.8 Å². The molecule has 0 aromatic carbocycles. The van der Waals surface area contributed by atoms with Crippen LogP contribution >= 0.6 is 0 Å². The summed E-state index contributed by atoms with van der Waals surface area (Å²) in [4.78, 5) is 13.5. The molecule has 0 saturated heterocycles. The maximum atomic E-state index is 12.1. The Kier molecular flexibility index (Phi) is 8.89. The molecule has 0 aliphatic carbocycles. The molecule has 0 saturated carbocycles. The summed E-state index contributed by atoms with van der Waals surface area (Å²) < 4.78 is 41.3. The molecule has 1 N–H and O–H groups in total. The first-order valence-electron chi connectivity index (χ1n) is 7.26. The standard InChI is InChI=1S/C14H27F3N2O2/c1-5-21-12(20)13(2,18-3)8-6-7-10-19(4)11-9-14(15,16)17/h18H,5-11H2,1-4H3. The Labute approximate surface area is 125 Å². The summed E-state index contributed by atoms with van der Waals surface area (Å²) in [5, 5.41) is 2.96. The maximum Gasteiger partial charge on any atom is 0.390 e. The molecule has 0 rings (SSSR count). The third-order valence-corrected chi connectivity index (χ3v) is 3.52. The summed E-state index contributed by atoms with van der Waals surface area (Å²) >= 11 is 0. The number of nitrogens with one attached hydrogen (secondary N) is 1. The summed E-state index contributed by atoms with van der Waals surface area (Å²) in [6.45, 7) is 4.45. The number of likely N-dealkylation sites (N-methyl/N-ethyl adjacent to an activating group) is 1. The lowest BCUT2D eigenvalue weighted by molar-refractivity contribution is -0.150. The van der Waals surface area contributed by atoms with Gasteiger partial charge in [-0.25, -0.2) is 0 Å². The summed E-state index contributed by atoms with van der Waals surface area (Å²) in [6, 6.07) is 0. The van der Waals surface area contributed by atoms with Crippen molar-refractivity contribution in [2.75, 3.05) is 33.8 Å². The van der Waals surface area contributed by atoms with Crippen LogP contribution in [-0.4, -0.2) is 56.4 Å². The second-order valence-corrected chi connectivity index (χ2v) is 5.43. The van der Waals surface area contributed by atoms with Gasteiger partial charge in [-0.15, -0.1) is 0 Å². The van der Waals surface area contributed by atoms with Gasteiger partial charge in [0.05, 0.1) is 13.0 Å². The van der Waals surface area contributed by atoms with E-state index in [9.17, 15) is 18.0 Å². The molecule has 126 valence electrons. The van der Waals surface area contributed by atoms with Gasteiger partial charge >= 0.3 is 12.1 Å². The number of alkyl halides is 3. The molecule has 0 aromatic heterocycles. The topological polar surface area (TPSA) is 41.6 Å². The molecular formula is C14H27F3N2O2. The Morgan fingerprint density at radius 3 is 2.29 bits per heavy atom. The van der Waals surface area contributed by atoms with E-state index in [-0.39, 0.29) is 12.5 Å². The van der Waals surface area contributed by atoms with Crippen molar-refractivity contribution < 1.29 is 22.7 Å². The Bertz CT molecular complexity index is 311. The fourth-order valence-corrected chi connectivity index (χ4v) is 1.91. The third kappa shape index (κ3) is 8.93. The predicted molar refractivity (Wildman–Crippen MR) is 76.1 cm³/mol. The SMILES string of the molecule is CCOC(=O)C(C)(CCCCN(C)CCC(F)(F)F)NC. The molecule has 0 heterocycles. The molecule has 0 aliphatic heterocycles. The van der Waals surface area contributed by atoms with Gasteiger partial charge in [-0.1, -0.05) is 0 Å². The van der Waals surface area contributed by atoms with Crippen molar-refractivity contribution in [3.05, 3.63) is 0 Å². The Hall–Kier alpha value is -0.820. The van der Waals surface area contributed by atoms with Crippen molar-refractivity contribution in [3.63, 3.8) is 0 Å². The number of carbonyl (C=O) groups excluding carboxylic acids is 1. The van der Waals surface area contributed by atoms with E-state index >= 15 is 0 Å². The third-order valence-electron chi connectivity index (χ3n) is 3.52. The van der Waals surface area contributed by atoms with E-state index in [0.29, 0.717) is 19.6 Å². The van der Waals surface area contributed by atoms with E-state index in [1.165, 1.54) is 0 Å². The fourth-order valence-electron chi connectivity index (χ4n) is 1.91. The number of hydrogen-bond donors (Lipinski definition) is 1. The van der Waals surface area contributed by atoms with E-state index < -0.39 is 18.1 Å². The van der Waals surface area contributed by atoms with Crippen molar-refractivity contribution in [1.29, 1.82) is 0 Å². The zero-order valence-corrected chi connectivity index (χ0v) is 13.3. The zero-order valence-electron chi connectivity index (χ0n) is 13.3. The van der Waals surface area contributed by atoms with Gasteiger partial charge in [0.15, 0.2) is 0 Å². The van der Waals surface area contributed by atoms with Crippen LogP contribution in [0.5, 0.6) is 0 Å². The van der Waals surface area contributed by atoms with Crippen LogP contribution in [0.1, 0.15) is 39.5 Å². The van der Waals surface area contributed by atoms with Gasteiger partial charge in [0.25, 0.3) is 0 Å². The predicted octanol–water partition coefficient (Wildman–Crippen LogP) is 2.58. The zero-order chi connectivity index (χ0) is 16.5. The van der Waals surface area contributed by atoms with Crippen molar-refractivity contribution in [1.82, 2.24) is 10.2 Å².